The molecular formula is C14H19ClN4O3S. The summed E-state index contributed by atoms with van der Waals surface area (Å²) in [6.45, 7) is 1.81. The first-order chi connectivity index (χ1) is 10.7. The highest BCUT2D eigenvalue weighted by molar-refractivity contribution is 7.08. The number of hydrogen-bond donors (Lipinski definition) is 3. The fraction of sp³-hybridized carbons (Fsp3) is 0.500. The fourth-order valence-corrected chi connectivity index (χ4v) is 2.98. The van der Waals surface area contributed by atoms with Crippen LogP contribution in [0.25, 0.3) is 11.4 Å². The standard InChI is InChI=1S/C14H18N4O3S.ClH/c19-11-7-15-5-10(11)6-16-12(20)1-2-13-17-14(18-21-13)9-3-4-22-8-9;/h3-4,8,10-11,15,19H,1-2,5-7H2,(H,16,20);1H. The minimum absolute atomic E-state index is 0. The molecule has 0 aliphatic carbocycles. The average Bonchev–Trinajstić information content (AvgIpc) is 3.24. The molecule has 0 saturated carbocycles. The van der Waals surface area contributed by atoms with Crippen LogP contribution in [-0.2, 0) is 11.2 Å². The van der Waals surface area contributed by atoms with Gasteiger partial charge in [0.15, 0.2) is 0 Å². The molecule has 2 atom stereocenters. The molecule has 0 aromatic carbocycles. The van der Waals surface area contributed by atoms with E-state index in [4.69, 9.17) is 4.52 Å². The Morgan fingerprint density at radius 2 is 2.39 bits per heavy atom. The number of β-amino-alcohol motifs (C(OH)–C–C–N with tert-alkyl or cyclic N) is 1. The van der Waals surface area contributed by atoms with E-state index in [0.29, 0.717) is 37.6 Å². The van der Waals surface area contributed by atoms with E-state index < -0.39 is 0 Å². The number of thiophene rings is 1. The maximum atomic E-state index is 11.8. The van der Waals surface area contributed by atoms with Gasteiger partial charge in [0.1, 0.15) is 0 Å². The molecule has 1 amide bonds. The first-order valence-electron chi connectivity index (χ1n) is 7.23. The maximum Gasteiger partial charge on any atom is 0.227 e. The number of hydrogen-bond acceptors (Lipinski definition) is 7. The van der Waals surface area contributed by atoms with Crippen LogP contribution in [0.1, 0.15) is 12.3 Å². The Hall–Kier alpha value is -1.48. The van der Waals surface area contributed by atoms with Gasteiger partial charge < -0.3 is 20.3 Å². The molecule has 0 spiro atoms. The number of halogens is 1. The molecule has 2 aromatic rings. The second-order valence-electron chi connectivity index (χ2n) is 5.31. The van der Waals surface area contributed by atoms with E-state index in [2.05, 4.69) is 20.8 Å². The van der Waals surface area contributed by atoms with Crippen molar-refractivity contribution in [2.45, 2.75) is 18.9 Å². The van der Waals surface area contributed by atoms with E-state index >= 15 is 0 Å². The van der Waals surface area contributed by atoms with Crippen LogP contribution in [0.4, 0.5) is 0 Å². The molecule has 2 aromatic heterocycles. The Morgan fingerprint density at radius 3 is 3.09 bits per heavy atom. The molecule has 3 rings (SSSR count). The van der Waals surface area contributed by atoms with E-state index in [1.807, 2.05) is 16.8 Å². The summed E-state index contributed by atoms with van der Waals surface area (Å²) in [4.78, 5) is 16.1. The summed E-state index contributed by atoms with van der Waals surface area (Å²) >= 11 is 1.57. The quantitative estimate of drug-likeness (QED) is 0.707. The molecule has 1 saturated heterocycles. The number of amides is 1. The van der Waals surface area contributed by atoms with Crippen LogP contribution in [0.15, 0.2) is 21.3 Å². The smallest absolute Gasteiger partial charge is 0.227 e. The molecule has 1 aliphatic rings. The Morgan fingerprint density at radius 1 is 1.52 bits per heavy atom. The number of aliphatic hydroxyl groups is 1. The zero-order valence-electron chi connectivity index (χ0n) is 12.4. The van der Waals surface area contributed by atoms with Gasteiger partial charge in [0.2, 0.25) is 17.6 Å². The van der Waals surface area contributed by atoms with Crippen LogP contribution < -0.4 is 10.6 Å². The predicted octanol–water partition coefficient (Wildman–Crippen LogP) is 0.849. The summed E-state index contributed by atoms with van der Waals surface area (Å²) in [7, 11) is 0. The van der Waals surface area contributed by atoms with Crippen molar-refractivity contribution in [3.05, 3.63) is 22.7 Å². The lowest BCUT2D eigenvalue weighted by molar-refractivity contribution is -0.121. The number of aryl methyl sites for hydroxylation is 1. The minimum Gasteiger partial charge on any atom is -0.391 e. The number of nitrogens with zero attached hydrogens (tertiary/aromatic N) is 2. The van der Waals surface area contributed by atoms with Gasteiger partial charge in [-0.2, -0.15) is 16.3 Å². The van der Waals surface area contributed by atoms with Gasteiger partial charge in [-0.05, 0) is 11.4 Å². The molecule has 9 heteroatoms. The normalized spacial score (nSPS) is 20.2. The van der Waals surface area contributed by atoms with Gasteiger partial charge in [-0.15, -0.1) is 12.4 Å². The molecule has 23 heavy (non-hydrogen) atoms. The molecule has 2 unspecified atom stereocenters. The van der Waals surface area contributed by atoms with Crippen molar-refractivity contribution < 1.29 is 14.4 Å². The summed E-state index contributed by atoms with van der Waals surface area (Å²) in [6, 6.07) is 1.92. The first kappa shape index (κ1) is 17.9. The third kappa shape index (κ3) is 4.74. The number of rotatable bonds is 6. The average molecular weight is 359 g/mol. The monoisotopic (exact) mass is 358 g/mol. The minimum atomic E-state index is -0.385. The van der Waals surface area contributed by atoms with Crippen molar-refractivity contribution in [2.75, 3.05) is 19.6 Å². The van der Waals surface area contributed by atoms with Gasteiger partial charge in [-0.25, -0.2) is 0 Å². The highest BCUT2D eigenvalue weighted by atomic mass is 35.5. The van der Waals surface area contributed by atoms with Gasteiger partial charge in [-0.3, -0.25) is 4.79 Å². The van der Waals surface area contributed by atoms with Crippen molar-refractivity contribution in [2.24, 2.45) is 5.92 Å². The van der Waals surface area contributed by atoms with E-state index in [0.717, 1.165) is 12.1 Å². The van der Waals surface area contributed by atoms with Crippen LogP contribution in [-0.4, -0.2) is 46.9 Å². The van der Waals surface area contributed by atoms with Gasteiger partial charge in [0.25, 0.3) is 0 Å². The maximum absolute atomic E-state index is 11.8. The van der Waals surface area contributed by atoms with E-state index in [1.54, 1.807) is 11.3 Å². The second kappa shape index (κ2) is 8.39. The number of nitrogens with one attached hydrogen (secondary N) is 2. The Balaban J connectivity index is 0.00000192. The third-order valence-electron chi connectivity index (χ3n) is 3.68. The fourth-order valence-electron chi connectivity index (χ4n) is 2.35. The lowest BCUT2D eigenvalue weighted by atomic mass is 10.1. The molecule has 7 nitrogen and oxygen atoms in total. The Labute approximate surface area is 143 Å². The Kier molecular flexibility index (Phi) is 6.52. The molecule has 1 fully saturated rings. The van der Waals surface area contributed by atoms with Crippen molar-refractivity contribution in [3.63, 3.8) is 0 Å². The summed E-state index contributed by atoms with van der Waals surface area (Å²) < 4.78 is 5.15. The van der Waals surface area contributed by atoms with Crippen molar-refractivity contribution >= 4 is 29.7 Å². The molecule has 0 radical (unpaired) electrons. The zero-order valence-corrected chi connectivity index (χ0v) is 14.0. The number of carbonyl (C=O) groups excluding carboxylic acids is 1. The van der Waals surface area contributed by atoms with Crippen molar-refractivity contribution in [1.82, 2.24) is 20.8 Å². The lowest BCUT2D eigenvalue weighted by Crippen LogP contribution is -2.34. The van der Waals surface area contributed by atoms with Crippen LogP contribution >= 0.6 is 23.7 Å². The topological polar surface area (TPSA) is 100 Å². The number of carbonyl (C=O) groups is 1. The molecule has 126 valence electrons. The van der Waals surface area contributed by atoms with Crippen molar-refractivity contribution in [1.29, 1.82) is 0 Å². The molecule has 0 bridgehead atoms. The van der Waals surface area contributed by atoms with E-state index in [1.165, 1.54) is 0 Å². The van der Waals surface area contributed by atoms with E-state index in [-0.39, 0.29) is 30.3 Å². The van der Waals surface area contributed by atoms with Gasteiger partial charge >= 0.3 is 0 Å². The number of aromatic nitrogens is 2. The summed E-state index contributed by atoms with van der Waals surface area (Å²) in [5.74, 6) is 1.02. The summed E-state index contributed by atoms with van der Waals surface area (Å²) in [6.07, 6.45) is 0.320. The zero-order chi connectivity index (χ0) is 15.4. The van der Waals surface area contributed by atoms with Crippen molar-refractivity contribution in [3.8, 4) is 11.4 Å². The van der Waals surface area contributed by atoms with Gasteiger partial charge in [-0.1, -0.05) is 5.16 Å². The highest BCUT2D eigenvalue weighted by Gasteiger charge is 2.25. The molecular weight excluding hydrogens is 340 g/mol. The van der Waals surface area contributed by atoms with Crippen LogP contribution in [0.2, 0.25) is 0 Å². The predicted molar refractivity (Wildman–Crippen MR) is 88.6 cm³/mol. The summed E-state index contributed by atoms with van der Waals surface area (Å²) in [5, 5.41) is 23.4. The highest BCUT2D eigenvalue weighted by Crippen LogP contribution is 2.18. The van der Waals surface area contributed by atoms with Gasteiger partial charge in [0.05, 0.1) is 6.10 Å². The Bertz CT molecular complexity index is 619. The molecule has 3 N–H and O–H groups in total. The van der Waals surface area contributed by atoms with Crippen LogP contribution in [0.5, 0.6) is 0 Å². The van der Waals surface area contributed by atoms with E-state index in [9.17, 15) is 9.90 Å². The van der Waals surface area contributed by atoms with Crippen LogP contribution in [0.3, 0.4) is 0 Å². The first-order valence-corrected chi connectivity index (χ1v) is 8.17. The molecule has 1 aliphatic heterocycles. The largest absolute Gasteiger partial charge is 0.391 e. The number of aliphatic hydroxyl groups excluding tert-OH is 1. The van der Waals surface area contributed by atoms with Gasteiger partial charge in [0, 0.05) is 49.3 Å². The second-order valence-corrected chi connectivity index (χ2v) is 6.09. The third-order valence-corrected chi connectivity index (χ3v) is 4.36. The lowest BCUT2D eigenvalue weighted by Gasteiger charge is -2.13. The summed E-state index contributed by atoms with van der Waals surface area (Å²) in [5.41, 5.74) is 0.923. The molecule has 3 heterocycles. The SMILES string of the molecule is Cl.O=C(CCc1nc(-c2ccsc2)no1)NCC1CNCC1O. The van der Waals surface area contributed by atoms with Crippen LogP contribution in [0, 0.1) is 5.92 Å².